The minimum atomic E-state index is -0.521. The van der Waals surface area contributed by atoms with Crippen LogP contribution in [0.2, 0.25) is 0 Å². The number of anilines is 1. The largest absolute Gasteiger partial charge is 0.496 e. The Morgan fingerprint density at radius 1 is 1.12 bits per heavy atom. The van der Waals surface area contributed by atoms with Crippen LogP contribution in [0.1, 0.15) is 31.8 Å². The molecule has 7 nitrogen and oxygen atoms in total. The number of amides is 1. The van der Waals surface area contributed by atoms with Crippen molar-refractivity contribution in [3.63, 3.8) is 0 Å². The zero-order valence-electron chi connectivity index (χ0n) is 15.0. The number of benzene rings is 2. The van der Waals surface area contributed by atoms with Gasteiger partial charge in [0.15, 0.2) is 11.5 Å². The lowest BCUT2D eigenvalue weighted by atomic mass is 10.0. The number of hydrogen-bond acceptors (Lipinski definition) is 6. The Morgan fingerprint density at radius 2 is 1.85 bits per heavy atom. The number of cyclic esters (lactones) is 1. The summed E-state index contributed by atoms with van der Waals surface area (Å²) in [6.07, 6.45) is 0. The van der Waals surface area contributed by atoms with Gasteiger partial charge in [0.25, 0.3) is 5.91 Å². The highest BCUT2D eigenvalue weighted by molar-refractivity contribution is 6.12. The molecule has 0 bridgehead atoms. The van der Waals surface area contributed by atoms with Crippen LogP contribution < -0.4 is 19.5 Å². The number of fused-ring (bicyclic) bond motifs is 1. The highest BCUT2D eigenvalue weighted by Crippen LogP contribution is 2.43. The van der Waals surface area contributed by atoms with E-state index in [1.54, 1.807) is 18.2 Å². The van der Waals surface area contributed by atoms with E-state index in [0.29, 0.717) is 22.6 Å². The number of aryl methyl sites for hydroxylation is 1. The van der Waals surface area contributed by atoms with Crippen molar-refractivity contribution in [1.82, 2.24) is 0 Å². The van der Waals surface area contributed by atoms with E-state index in [1.807, 2.05) is 13.0 Å². The van der Waals surface area contributed by atoms with Gasteiger partial charge in [-0.15, -0.1) is 0 Å². The van der Waals surface area contributed by atoms with Crippen molar-refractivity contribution in [2.24, 2.45) is 0 Å². The first-order chi connectivity index (χ1) is 12.5. The fraction of sp³-hybridized carbons (Fsp3) is 0.263. The lowest BCUT2D eigenvalue weighted by Gasteiger charge is -2.17. The van der Waals surface area contributed by atoms with Crippen LogP contribution in [-0.2, 0) is 11.3 Å². The fourth-order valence-electron chi connectivity index (χ4n) is 3.01. The molecule has 0 atom stereocenters. The van der Waals surface area contributed by atoms with E-state index in [9.17, 15) is 9.59 Å². The van der Waals surface area contributed by atoms with Gasteiger partial charge in [0, 0.05) is 5.56 Å². The molecule has 0 aromatic heterocycles. The highest BCUT2D eigenvalue weighted by atomic mass is 16.5. The molecule has 0 radical (unpaired) electrons. The minimum Gasteiger partial charge on any atom is -0.496 e. The molecule has 3 rings (SSSR count). The van der Waals surface area contributed by atoms with Crippen LogP contribution >= 0.6 is 0 Å². The van der Waals surface area contributed by atoms with Gasteiger partial charge in [-0.05, 0) is 24.6 Å². The van der Waals surface area contributed by atoms with Crippen LogP contribution in [-0.4, -0.2) is 33.2 Å². The molecule has 0 saturated heterocycles. The van der Waals surface area contributed by atoms with E-state index >= 15 is 0 Å². The molecule has 136 valence electrons. The molecule has 1 aliphatic heterocycles. The first-order valence-corrected chi connectivity index (χ1v) is 7.91. The smallest absolute Gasteiger partial charge is 0.341 e. The number of rotatable bonds is 5. The molecule has 0 aliphatic carbocycles. The third kappa shape index (κ3) is 2.81. The third-order valence-electron chi connectivity index (χ3n) is 4.21. The number of esters is 1. The van der Waals surface area contributed by atoms with E-state index in [1.165, 1.54) is 21.3 Å². The Bertz CT molecular complexity index is 890. The fourth-order valence-corrected chi connectivity index (χ4v) is 3.01. The quantitative estimate of drug-likeness (QED) is 0.829. The summed E-state index contributed by atoms with van der Waals surface area (Å²) >= 11 is 0. The van der Waals surface area contributed by atoms with Crippen LogP contribution in [0.4, 0.5) is 5.69 Å². The standard InChI is InChI=1S/C19H19NO6/c1-10-6-5-7-12(16(10)24-3)18(21)20-15-14-11(9-26-19(14)22)8-13(23-2)17(15)25-4/h5-8H,9H2,1-4H3,(H,20,21). The molecule has 2 aromatic rings. The van der Waals surface area contributed by atoms with Crippen LogP contribution in [0, 0.1) is 6.92 Å². The molecule has 26 heavy (non-hydrogen) atoms. The van der Waals surface area contributed by atoms with Gasteiger partial charge in [0.1, 0.15) is 18.0 Å². The second-order valence-electron chi connectivity index (χ2n) is 5.71. The summed E-state index contributed by atoms with van der Waals surface area (Å²) in [6.45, 7) is 1.96. The summed E-state index contributed by atoms with van der Waals surface area (Å²) in [7, 11) is 4.42. The number of hydrogen-bond donors (Lipinski definition) is 1. The lowest BCUT2D eigenvalue weighted by molar-refractivity contribution is 0.0535. The summed E-state index contributed by atoms with van der Waals surface area (Å²) in [4.78, 5) is 25.0. The van der Waals surface area contributed by atoms with Crippen molar-refractivity contribution in [2.75, 3.05) is 26.6 Å². The van der Waals surface area contributed by atoms with E-state index in [-0.39, 0.29) is 23.6 Å². The number of ether oxygens (including phenoxy) is 4. The molecule has 0 fully saturated rings. The van der Waals surface area contributed by atoms with Gasteiger partial charge < -0.3 is 24.3 Å². The monoisotopic (exact) mass is 357 g/mol. The van der Waals surface area contributed by atoms with Crippen molar-refractivity contribution in [3.05, 3.63) is 46.5 Å². The summed E-state index contributed by atoms with van der Waals surface area (Å²) in [5.74, 6) is 0.165. The number of nitrogens with one attached hydrogen (secondary N) is 1. The van der Waals surface area contributed by atoms with Crippen molar-refractivity contribution in [3.8, 4) is 17.2 Å². The molecule has 2 aromatic carbocycles. The van der Waals surface area contributed by atoms with Crippen molar-refractivity contribution in [1.29, 1.82) is 0 Å². The summed E-state index contributed by atoms with van der Waals surface area (Å²) in [5.41, 5.74) is 2.28. The van der Waals surface area contributed by atoms with Gasteiger partial charge in [-0.3, -0.25) is 4.79 Å². The number of carbonyl (C=O) groups is 2. The number of para-hydroxylation sites is 1. The molecule has 1 aliphatic rings. The van der Waals surface area contributed by atoms with Crippen molar-refractivity contribution in [2.45, 2.75) is 13.5 Å². The maximum absolute atomic E-state index is 12.9. The summed E-state index contributed by atoms with van der Waals surface area (Å²) < 4.78 is 21.1. The van der Waals surface area contributed by atoms with Gasteiger partial charge in [-0.2, -0.15) is 0 Å². The lowest BCUT2D eigenvalue weighted by Crippen LogP contribution is -2.17. The maximum atomic E-state index is 12.9. The van der Waals surface area contributed by atoms with E-state index in [2.05, 4.69) is 5.32 Å². The predicted molar refractivity (Wildman–Crippen MR) is 94.3 cm³/mol. The van der Waals surface area contributed by atoms with Crippen LogP contribution in [0.3, 0.4) is 0 Å². The first-order valence-electron chi connectivity index (χ1n) is 7.91. The van der Waals surface area contributed by atoms with Gasteiger partial charge >= 0.3 is 5.97 Å². The Kier molecular flexibility index (Phi) is 4.71. The summed E-state index contributed by atoms with van der Waals surface area (Å²) in [6, 6.07) is 6.92. The van der Waals surface area contributed by atoms with Crippen LogP contribution in [0.5, 0.6) is 17.2 Å². The van der Waals surface area contributed by atoms with Crippen LogP contribution in [0.25, 0.3) is 0 Å². The minimum absolute atomic E-state index is 0.116. The Labute approximate surface area is 150 Å². The maximum Gasteiger partial charge on any atom is 0.341 e. The third-order valence-corrected chi connectivity index (χ3v) is 4.21. The van der Waals surface area contributed by atoms with Gasteiger partial charge in [-0.1, -0.05) is 12.1 Å². The number of methoxy groups -OCH3 is 3. The zero-order chi connectivity index (χ0) is 18.8. The SMILES string of the molecule is COc1cc2c(c(NC(=O)c3cccc(C)c3OC)c1OC)C(=O)OC2. The topological polar surface area (TPSA) is 83.1 Å². The first kappa shape index (κ1) is 17.6. The summed E-state index contributed by atoms with van der Waals surface area (Å²) in [5, 5.41) is 2.76. The van der Waals surface area contributed by atoms with Crippen molar-refractivity contribution >= 4 is 17.6 Å². The zero-order valence-corrected chi connectivity index (χ0v) is 15.0. The van der Waals surface area contributed by atoms with Crippen LogP contribution in [0.15, 0.2) is 24.3 Å². The highest BCUT2D eigenvalue weighted by Gasteiger charge is 2.31. The van der Waals surface area contributed by atoms with Gasteiger partial charge in [0.05, 0.1) is 32.5 Å². The molecule has 0 spiro atoms. The Hall–Kier alpha value is -3.22. The average Bonchev–Trinajstić information content (AvgIpc) is 3.01. The Morgan fingerprint density at radius 3 is 2.50 bits per heavy atom. The molecule has 1 N–H and O–H groups in total. The van der Waals surface area contributed by atoms with Gasteiger partial charge in [-0.25, -0.2) is 4.79 Å². The Balaban J connectivity index is 2.10. The predicted octanol–water partition coefficient (Wildman–Crippen LogP) is 2.94. The molecule has 1 amide bonds. The average molecular weight is 357 g/mol. The molecular weight excluding hydrogens is 338 g/mol. The van der Waals surface area contributed by atoms with Gasteiger partial charge in [0.2, 0.25) is 0 Å². The molecule has 7 heteroatoms. The normalized spacial score (nSPS) is 12.2. The van der Waals surface area contributed by atoms with E-state index < -0.39 is 11.9 Å². The van der Waals surface area contributed by atoms with Crippen molar-refractivity contribution < 1.29 is 28.5 Å². The number of carbonyl (C=O) groups excluding carboxylic acids is 2. The van der Waals surface area contributed by atoms with E-state index in [0.717, 1.165) is 5.56 Å². The molecule has 0 unspecified atom stereocenters. The van der Waals surface area contributed by atoms with E-state index in [4.69, 9.17) is 18.9 Å². The molecule has 1 heterocycles. The molecule has 0 saturated carbocycles. The molecular formula is C19H19NO6. The second kappa shape index (κ2) is 6.95. The second-order valence-corrected chi connectivity index (χ2v) is 5.71.